The fourth-order valence-electron chi connectivity index (χ4n) is 2.89. The van der Waals surface area contributed by atoms with Crippen molar-refractivity contribution in [3.8, 4) is 0 Å². The van der Waals surface area contributed by atoms with Crippen LogP contribution in [0.15, 0.2) is 28.7 Å². The molecule has 1 fully saturated rings. The highest BCUT2D eigenvalue weighted by molar-refractivity contribution is 5.95. The Labute approximate surface area is 117 Å². The molecule has 1 aromatic heterocycles. The fourth-order valence-corrected chi connectivity index (χ4v) is 2.89. The number of furan rings is 1. The molecule has 0 saturated heterocycles. The molecule has 20 heavy (non-hydrogen) atoms. The van der Waals surface area contributed by atoms with Gasteiger partial charge in [-0.3, -0.25) is 0 Å². The van der Waals surface area contributed by atoms with Gasteiger partial charge in [0.05, 0.1) is 0 Å². The molecule has 3 rings (SSSR count). The SMILES string of the molecule is CC1(CNCc2c(C(=O)O)oc3ccccc23)CCC1. The predicted molar refractivity (Wildman–Crippen MR) is 76.8 cm³/mol. The van der Waals surface area contributed by atoms with Crippen molar-refractivity contribution in [1.82, 2.24) is 5.32 Å². The number of benzene rings is 1. The number of para-hydroxylation sites is 1. The molecule has 106 valence electrons. The second-order valence-electron chi connectivity index (χ2n) is 5.98. The average molecular weight is 273 g/mol. The van der Waals surface area contributed by atoms with E-state index in [4.69, 9.17) is 4.42 Å². The summed E-state index contributed by atoms with van der Waals surface area (Å²) in [6.07, 6.45) is 3.79. The van der Waals surface area contributed by atoms with Crippen LogP contribution in [0.25, 0.3) is 11.0 Å². The molecule has 1 saturated carbocycles. The maximum Gasteiger partial charge on any atom is 0.372 e. The van der Waals surface area contributed by atoms with Gasteiger partial charge in [0.25, 0.3) is 0 Å². The second kappa shape index (κ2) is 4.94. The maximum atomic E-state index is 11.3. The third-order valence-corrected chi connectivity index (χ3v) is 4.31. The van der Waals surface area contributed by atoms with Crippen molar-refractivity contribution < 1.29 is 14.3 Å². The topological polar surface area (TPSA) is 62.5 Å². The van der Waals surface area contributed by atoms with Gasteiger partial charge < -0.3 is 14.8 Å². The number of hydrogen-bond donors (Lipinski definition) is 2. The molecule has 2 N–H and O–H groups in total. The Morgan fingerprint density at radius 1 is 1.40 bits per heavy atom. The summed E-state index contributed by atoms with van der Waals surface area (Å²) in [5, 5.41) is 13.5. The lowest BCUT2D eigenvalue weighted by Gasteiger charge is -2.38. The van der Waals surface area contributed by atoms with Gasteiger partial charge in [-0.25, -0.2) is 4.79 Å². The molecule has 0 atom stereocenters. The Morgan fingerprint density at radius 2 is 2.15 bits per heavy atom. The number of rotatable bonds is 5. The van der Waals surface area contributed by atoms with Crippen LogP contribution < -0.4 is 5.32 Å². The highest BCUT2D eigenvalue weighted by atomic mass is 16.4. The van der Waals surface area contributed by atoms with Crippen molar-refractivity contribution in [3.63, 3.8) is 0 Å². The first-order valence-corrected chi connectivity index (χ1v) is 7.03. The third-order valence-electron chi connectivity index (χ3n) is 4.31. The first kappa shape index (κ1) is 13.2. The van der Waals surface area contributed by atoms with Gasteiger partial charge in [-0.05, 0) is 24.3 Å². The molecule has 4 nitrogen and oxygen atoms in total. The van der Waals surface area contributed by atoms with Gasteiger partial charge >= 0.3 is 5.97 Å². The molecule has 0 radical (unpaired) electrons. The van der Waals surface area contributed by atoms with Crippen LogP contribution >= 0.6 is 0 Å². The van der Waals surface area contributed by atoms with E-state index in [1.807, 2.05) is 18.2 Å². The summed E-state index contributed by atoms with van der Waals surface area (Å²) in [5.41, 5.74) is 1.76. The number of carboxylic acids is 1. The summed E-state index contributed by atoms with van der Waals surface area (Å²) in [6.45, 7) is 3.73. The van der Waals surface area contributed by atoms with Gasteiger partial charge in [0.2, 0.25) is 5.76 Å². The van der Waals surface area contributed by atoms with Crippen LogP contribution in [0.5, 0.6) is 0 Å². The Kier molecular flexibility index (Phi) is 3.26. The summed E-state index contributed by atoms with van der Waals surface area (Å²) in [5.74, 6) is -0.953. The molecule has 0 amide bonds. The fraction of sp³-hybridized carbons (Fsp3) is 0.438. The molecule has 1 aliphatic rings. The predicted octanol–water partition coefficient (Wildman–Crippen LogP) is 3.41. The lowest BCUT2D eigenvalue weighted by molar-refractivity contribution is 0.0663. The van der Waals surface area contributed by atoms with Crippen LogP contribution in [-0.4, -0.2) is 17.6 Å². The van der Waals surface area contributed by atoms with E-state index in [-0.39, 0.29) is 5.76 Å². The third kappa shape index (κ3) is 2.31. The van der Waals surface area contributed by atoms with Crippen molar-refractivity contribution in [2.45, 2.75) is 32.7 Å². The van der Waals surface area contributed by atoms with Gasteiger partial charge in [0.1, 0.15) is 5.58 Å². The van der Waals surface area contributed by atoms with Crippen LogP contribution in [0.2, 0.25) is 0 Å². The molecule has 1 aromatic carbocycles. The Morgan fingerprint density at radius 3 is 2.80 bits per heavy atom. The van der Waals surface area contributed by atoms with Gasteiger partial charge in [-0.1, -0.05) is 31.5 Å². The van der Waals surface area contributed by atoms with E-state index in [9.17, 15) is 9.90 Å². The average Bonchev–Trinajstić information content (AvgIpc) is 2.76. The summed E-state index contributed by atoms with van der Waals surface area (Å²) in [4.78, 5) is 11.3. The Hall–Kier alpha value is -1.81. The van der Waals surface area contributed by atoms with E-state index in [1.165, 1.54) is 19.3 Å². The highest BCUT2D eigenvalue weighted by Crippen LogP contribution is 2.39. The summed E-state index contributed by atoms with van der Waals surface area (Å²) < 4.78 is 5.44. The molecule has 4 heteroatoms. The molecular formula is C16H19NO3. The maximum absolute atomic E-state index is 11.3. The minimum absolute atomic E-state index is 0.0532. The normalized spacial score (nSPS) is 17.1. The zero-order valence-corrected chi connectivity index (χ0v) is 11.6. The Balaban J connectivity index is 1.81. The van der Waals surface area contributed by atoms with Crippen LogP contribution in [0, 0.1) is 5.41 Å². The van der Waals surface area contributed by atoms with Gasteiger partial charge in [0.15, 0.2) is 0 Å². The van der Waals surface area contributed by atoms with Crippen LogP contribution in [0.3, 0.4) is 0 Å². The van der Waals surface area contributed by atoms with E-state index in [0.717, 1.165) is 17.5 Å². The first-order valence-electron chi connectivity index (χ1n) is 7.03. The molecule has 2 aromatic rings. The van der Waals surface area contributed by atoms with Gasteiger partial charge in [-0.2, -0.15) is 0 Å². The largest absolute Gasteiger partial charge is 0.475 e. The number of aromatic carboxylic acids is 1. The lowest BCUT2D eigenvalue weighted by atomic mass is 9.70. The van der Waals surface area contributed by atoms with E-state index < -0.39 is 5.97 Å². The zero-order chi connectivity index (χ0) is 14.2. The van der Waals surface area contributed by atoms with Crippen LogP contribution in [0.1, 0.15) is 42.3 Å². The smallest absolute Gasteiger partial charge is 0.372 e. The highest BCUT2D eigenvalue weighted by Gasteiger charge is 2.31. The molecule has 1 aliphatic carbocycles. The van der Waals surface area contributed by atoms with Crippen LogP contribution in [-0.2, 0) is 6.54 Å². The zero-order valence-electron chi connectivity index (χ0n) is 11.6. The number of carboxylic acid groups (broad SMARTS) is 1. The monoisotopic (exact) mass is 273 g/mol. The second-order valence-corrected chi connectivity index (χ2v) is 5.98. The Bertz CT molecular complexity index is 640. The van der Waals surface area contributed by atoms with E-state index in [2.05, 4.69) is 12.2 Å². The van der Waals surface area contributed by atoms with Crippen molar-refractivity contribution in [2.75, 3.05) is 6.54 Å². The molecule has 1 heterocycles. The quantitative estimate of drug-likeness (QED) is 0.876. The van der Waals surface area contributed by atoms with E-state index >= 15 is 0 Å². The summed E-state index contributed by atoms with van der Waals surface area (Å²) >= 11 is 0. The minimum atomic E-state index is -1.01. The molecular weight excluding hydrogens is 254 g/mol. The number of fused-ring (bicyclic) bond motifs is 1. The van der Waals surface area contributed by atoms with Crippen molar-refractivity contribution in [3.05, 3.63) is 35.6 Å². The molecule has 0 aliphatic heterocycles. The van der Waals surface area contributed by atoms with Crippen molar-refractivity contribution in [2.24, 2.45) is 5.41 Å². The number of nitrogens with one attached hydrogen (secondary N) is 1. The molecule has 0 unspecified atom stereocenters. The van der Waals surface area contributed by atoms with E-state index in [1.54, 1.807) is 6.07 Å². The minimum Gasteiger partial charge on any atom is -0.475 e. The molecule has 0 bridgehead atoms. The number of carbonyl (C=O) groups is 1. The molecule has 0 spiro atoms. The first-order chi connectivity index (χ1) is 9.59. The van der Waals surface area contributed by atoms with Crippen molar-refractivity contribution in [1.29, 1.82) is 0 Å². The van der Waals surface area contributed by atoms with Gasteiger partial charge in [0, 0.05) is 24.0 Å². The summed E-state index contributed by atoms with van der Waals surface area (Å²) in [7, 11) is 0. The van der Waals surface area contributed by atoms with Crippen molar-refractivity contribution >= 4 is 16.9 Å². The van der Waals surface area contributed by atoms with Crippen LogP contribution in [0.4, 0.5) is 0 Å². The standard InChI is InChI=1S/C16H19NO3/c1-16(7-4-8-16)10-17-9-12-11-5-2-3-6-13(11)20-14(12)15(18)19/h2-3,5-6,17H,4,7-10H2,1H3,(H,18,19). The number of hydrogen-bond acceptors (Lipinski definition) is 3. The van der Waals surface area contributed by atoms with E-state index in [0.29, 0.717) is 17.5 Å². The lowest BCUT2D eigenvalue weighted by Crippen LogP contribution is -2.37. The van der Waals surface area contributed by atoms with Gasteiger partial charge in [-0.15, -0.1) is 0 Å². The summed E-state index contributed by atoms with van der Waals surface area (Å²) in [6, 6.07) is 7.47.